The van der Waals surface area contributed by atoms with Crippen molar-refractivity contribution in [3.05, 3.63) is 24.2 Å². The van der Waals surface area contributed by atoms with Gasteiger partial charge in [-0.05, 0) is 64.5 Å². The van der Waals surface area contributed by atoms with E-state index in [1.807, 2.05) is 25.7 Å². The Hall–Kier alpha value is -2.47. The molecule has 43 heavy (non-hydrogen) atoms. The number of carbonyl (C=O) groups excluding carboxylic acids is 1. The third-order valence-electron chi connectivity index (χ3n) is 8.71. The van der Waals surface area contributed by atoms with Gasteiger partial charge in [0.15, 0.2) is 0 Å². The molecule has 11 heteroatoms. The van der Waals surface area contributed by atoms with E-state index in [2.05, 4.69) is 46.7 Å². The summed E-state index contributed by atoms with van der Waals surface area (Å²) in [6.07, 6.45) is 11.2. The zero-order valence-electron chi connectivity index (χ0n) is 27.2. The van der Waals surface area contributed by atoms with E-state index in [4.69, 9.17) is 24.2 Å². The molecule has 0 aromatic carbocycles. The first-order chi connectivity index (χ1) is 20.5. The van der Waals surface area contributed by atoms with Crippen molar-refractivity contribution in [2.45, 2.75) is 103 Å². The lowest BCUT2D eigenvalue weighted by atomic mass is 9.89. The molecule has 0 unspecified atom stereocenters. The average Bonchev–Trinajstić information content (AvgIpc) is 3.34. The minimum Gasteiger partial charge on any atom is -0.444 e. The first-order valence-electron chi connectivity index (χ1n) is 16.1. The summed E-state index contributed by atoms with van der Waals surface area (Å²) in [5, 5.41) is 4.91. The number of hydrogen-bond acceptors (Lipinski definition) is 8. The smallest absolute Gasteiger partial charge is 0.410 e. The van der Waals surface area contributed by atoms with Gasteiger partial charge in [-0.15, -0.1) is 0 Å². The summed E-state index contributed by atoms with van der Waals surface area (Å²) >= 11 is 0. The van der Waals surface area contributed by atoms with Crippen LogP contribution in [0.15, 0.2) is 18.6 Å². The van der Waals surface area contributed by atoms with Crippen LogP contribution in [0.25, 0.3) is 16.6 Å². The van der Waals surface area contributed by atoms with Crippen LogP contribution < -0.4 is 5.32 Å². The molecule has 1 saturated carbocycles. The Morgan fingerprint density at radius 3 is 2.49 bits per heavy atom. The van der Waals surface area contributed by atoms with Crippen LogP contribution >= 0.6 is 0 Å². The molecular weight excluding hydrogens is 560 g/mol. The lowest BCUT2D eigenvalue weighted by molar-refractivity contribution is 0.00806. The van der Waals surface area contributed by atoms with E-state index in [9.17, 15) is 4.79 Å². The maximum atomic E-state index is 12.5. The normalized spacial score (nSPS) is 22.5. The van der Waals surface area contributed by atoms with Gasteiger partial charge in [0, 0.05) is 64.7 Å². The van der Waals surface area contributed by atoms with Crippen LogP contribution in [0, 0.1) is 0 Å². The second-order valence-electron chi connectivity index (χ2n) is 14.5. The maximum absolute atomic E-state index is 12.5. The lowest BCUT2D eigenvalue weighted by Gasteiger charge is -2.42. The first kappa shape index (κ1) is 31.9. The van der Waals surface area contributed by atoms with Crippen molar-refractivity contribution in [2.24, 2.45) is 0 Å². The number of anilines is 1. The number of carbonyl (C=O) groups is 1. The molecule has 3 aliphatic rings. The van der Waals surface area contributed by atoms with Crippen LogP contribution in [0.3, 0.4) is 0 Å². The number of nitrogens with one attached hydrogen (secondary N) is 1. The summed E-state index contributed by atoms with van der Waals surface area (Å²) in [6, 6.07) is 2.07. The monoisotopic (exact) mass is 612 g/mol. The van der Waals surface area contributed by atoms with Gasteiger partial charge in [-0.25, -0.2) is 14.8 Å². The van der Waals surface area contributed by atoms with Crippen LogP contribution in [0.5, 0.6) is 0 Å². The maximum Gasteiger partial charge on any atom is 0.410 e. The largest absolute Gasteiger partial charge is 0.444 e. The number of amides is 1. The van der Waals surface area contributed by atoms with Crippen LogP contribution in [-0.2, 0) is 20.9 Å². The molecule has 0 bridgehead atoms. The Morgan fingerprint density at radius 1 is 1.09 bits per heavy atom. The number of rotatable bonds is 9. The topological polar surface area (TPSA) is 94.0 Å². The van der Waals surface area contributed by atoms with Crippen molar-refractivity contribution in [3.8, 4) is 0 Å². The average molecular weight is 613 g/mol. The molecule has 4 heterocycles. The quantitative estimate of drug-likeness (QED) is 0.280. The van der Waals surface area contributed by atoms with Crippen LogP contribution in [0.4, 0.5) is 10.6 Å². The molecule has 0 radical (unpaired) electrons. The highest BCUT2D eigenvalue weighted by molar-refractivity contribution is 6.76. The summed E-state index contributed by atoms with van der Waals surface area (Å²) in [4.78, 5) is 26.4. The fraction of sp³-hybridized carbons (Fsp3) is 0.719. The Morgan fingerprint density at radius 2 is 1.84 bits per heavy atom. The number of fused-ring (bicyclic) bond motifs is 1. The molecule has 2 aliphatic heterocycles. The highest BCUT2D eigenvalue weighted by Gasteiger charge is 2.32. The van der Waals surface area contributed by atoms with E-state index in [1.54, 1.807) is 6.33 Å². The predicted molar refractivity (Wildman–Crippen MR) is 174 cm³/mol. The van der Waals surface area contributed by atoms with Crippen molar-refractivity contribution in [1.82, 2.24) is 24.3 Å². The molecule has 2 aromatic rings. The molecule has 5 rings (SSSR count). The summed E-state index contributed by atoms with van der Waals surface area (Å²) in [6.45, 7) is 18.8. The van der Waals surface area contributed by atoms with Gasteiger partial charge in [0.1, 0.15) is 30.1 Å². The minimum atomic E-state index is -1.15. The van der Waals surface area contributed by atoms with Crippen LogP contribution in [0.2, 0.25) is 25.7 Å². The van der Waals surface area contributed by atoms with E-state index < -0.39 is 13.7 Å². The highest BCUT2D eigenvalue weighted by Crippen LogP contribution is 2.35. The molecule has 1 saturated heterocycles. The molecule has 1 N–H and O–H groups in total. The van der Waals surface area contributed by atoms with Gasteiger partial charge in [-0.3, -0.25) is 4.90 Å². The molecule has 238 valence electrons. The first-order valence-corrected chi connectivity index (χ1v) is 19.8. The van der Waals surface area contributed by atoms with Crippen molar-refractivity contribution in [2.75, 3.05) is 51.3 Å². The van der Waals surface area contributed by atoms with E-state index in [1.165, 1.54) is 11.1 Å². The number of aromatic nitrogens is 3. The van der Waals surface area contributed by atoms with E-state index in [-0.39, 0.29) is 6.09 Å². The summed E-state index contributed by atoms with van der Waals surface area (Å²) < 4.78 is 19.5. The lowest BCUT2D eigenvalue weighted by Crippen LogP contribution is -2.53. The molecule has 0 spiro atoms. The Kier molecular flexibility index (Phi) is 10.1. The fourth-order valence-corrected chi connectivity index (χ4v) is 7.02. The molecule has 1 amide bonds. The van der Waals surface area contributed by atoms with Crippen molar-refractivity contribution in [3.63, 3.8) is 0 Å². The second-order valence-corrected chi connectivity index (χ2v) is 20.1. The molecule has 10 nitrogen and oxygen atoms in total. The molecule has 1 aliphatic carbocycles. The van der Waals surface area contributed by atoms with Crippen LogP contribution in [-0.4, -0.2) is 102 Å². The third kappa shape index (κ3) is 8.58. The standard InChI is InChI=1S/C32H52N6O4Si/c1-32(2,3)42-31(39)37-15-13-36(14-16-37)26-9-7-25(8-10-26)35-29-28-27(24-11-17-40-18-12-24)21-38(30(28)34-22-33-29)23-41-19-20-43(4,5)6/h11,21-22,25-26H,7-10,12-20,23H2,1-6H3,(H,33,34,35). The van der Waals surface area contributed by atoms with Gasteiger partial charge >= 0.3 is 6.09 Å². The Bertz CT molecular complexity index is 1270. The zero-order valence-corrected chi connectivity index (χ0v) is 28.2. The summed E-state index contributed by atoms with van der Waals surface area (Å²) in [7, 11) is -1.15. The molecule has 2 fully saturated rings. The Labute approximate surface area is 258 Å². The third-order valence-corrected chi connectivity index (χ3v) is 10.4. The van der Waals surface area contributed by atoms with E-state index >= 15 is 0 Å². The number of hydrogen-bond donors (Lipinski definition) is 1. The van der Waals surface area contributed by atoms with Gasteiger partial charge < -0.3 is 29.0 Å². The zero-order chi connectivity index (χ0) is 30.6. The number of piperazine rings is 1. The highest BCUT2D eigenvalue weighted by atomic mass is 28.3. The molecule has 0 atom stereocenters. The minimum absolute atomic E-state index is 0.195. The summed E-state index contributed by atoms with van der Waals surface area (Å²) in [5.74, 6) is 0.919. The fourth-order valence-electron chi connectivity index (χ4n) is 6.26. The van der Waals surface area contributed by atoms with Gasteiger partial charge in [0.05, 0.1) is 18.6 Å². The van der Waals surface area contributed by atoms with E-state index in [0.29, 0.717) is 25.4 Å². The van der Waals surface area contributed by atoms with Crippen molar-refractivity contribution >= 4 is 36.6 Å². The van der Waals surface area contributed by atoms with Crippen molar-refractivity contribution < 1.29 is 19.0 Å². The summed E-state index contributed by atoms with van der Waals surface area (Å²) in [5.41, 5.74) is 2.95. The van der Waals surface area contributed by atoms with Gasteiger partial charge in [-0.2, -0.15) is 0 Å². The number of nitrogens with zero attached hydrogens (tertiary/aromatic N) is 5. The van der Waals surface area contributed by atoms with Gasteiger partial charge in [0.2, 0.25) is 0 Å². The number of ether oxygens (including phenoxy) is 3. The van der Waals surface area contributed by atoms with Gasteiger partial charge in [-0.1, -0.05) is 25.7 Å². The molecular formula is C32H52N6O4Si. The van der Waals surface area contributed by atoms with Crippen molar-refractivity contribution in [1.29, 1.82) is 0 Å². The van der Waals surface area contributed by atoms with Crippen LogP contribution in [0.1, 0.15) is 58.4 Å². The Balaban J connectivity index is 1.22. The van der Waals surface area contributed by atoms with Gasteiger partial charge in [0.25, 0.3) is 0 Å². The second kappa shape index (κ2) is 13.7. The molecule has 2 aromatic heterocycles. The van der Waals surface area contributed by atoms with E-state index in [0.717, 1.165) is 94.4 Å². The predicted octanol–water partition coefficient (Wildman–Crippen LogP) is 5.82. The SMILES string of the molecule is CC(C)(C)OC(=O)N1CCN(C2CCC(Nc3ncnc4c3c(C3=CCOCC3)cn4COCC[Si](C)(C)C)CC2)CC1.